The van der Waals surface area contributed by atoms with Crippen molar-refractivity contribution < 1.29 is 14.2 Å². The van der Waals surface area contributed by atoms with E-state index >= 15 is 0 Å². The summed E-state index contributed by atoms with van der Waals surface area (Å²) in [4.78, 5) is 18.7. The van der Waals surface area contributed by atoms with Crippen LogP contribution in [0.4, 0.5) is 0 Å². The van der Waals surface area contributed by atoms with Crippen LogP contribution in [0.3, 0.4) is 0 Å². The molecule has 0 aliphatic carbocycles. The number of para-hydroxylation sites is 1. The van der Waals surface area contributed by atoms with Crippen LogP contribution in [0.1, 0.15) is 50.3 Å². The van der Waals surface area contributed by atoms with Crippen LogP contribution < -0.4 is 19.8 Å². The maximum absolute atomic E-state index is 13.8. The van der Waals surface area contributed by atoms with E-state index < -0.39 is 0 Å². The van der Waals surface area contributed by atoms with Gasteiger partial charge in [0.05, 0.1) is 37.4 Å². The third kappa shape index (κ3) is 5.45. The molecule has 4 rings (SSSR count). The van der Waals surface area contributed by atoms with E-state index in [1.54, 1.807) is 26.5 Å². The summed E-state index contributed by atoms with van der Waals surface area (Å²) in [5.74, 6) is 2.56. The summed E-state index contributed by atoms with van der Waals surface area (Å²) in [5, 5.41) is 5.15. The smallest absolute Gasteiger partial charge is 0.282 e. The number of aromatic nitrogens is 2. The second kappa shape index (κ2) is 11.4. The zero-order valence-corrected chi connectivity index (χ0v) is 24.3. The molecule has 0 saturated carbocycles. The second-order valence-electron chi connectivity index (χ2n) is 9.57. The molecule has 38 heavy (non-hydrogen) atoms. The van der Waals surface area contributed by atoms with Crippen molar-refractivity contribution in [2.45, 2.75) is 46.6 Å². The molecule has 8 heteroatoms. The molecule has 0 bridgehead atoms. The Hall–Kier alpha value is -3.65. The third-order valence-corrected chi connectivity index (χ3v) is 6.59. The Morgan fingerprint density at radius 1 is 1.00 bits per heavy atom. The molecule has 0 N–H and O–H groups in total. The Kier molecular flexibility index (Phi) is 8.21. The lowest BCUT2D eigenvalue weighted by molar-refractivity contribution is 0.229. The number of benzene rings is 3. The first-order chi connectivity index (χ1) is 18.1. The minimum atomic E-state index is -0.267. The fourth-order valence-electron chi connectivity index (χ4n) is 4.29. The van der Waals surface area contributed by atoms with Crippen molar-refractivity contribution in [3.63, 3.8) is 0 Å². The molecule has 0 unspecified atom stereocenters. The average Bonchev–Trinajstić information content (AvgIpc) is 2.88. The summed E-state index contributed by atoms with van der Waals surface area (Å²) in [6.07, 6.45) is 1.52. The van der Waals surface area contributed by atoms with Gasteiger partial charge in [0.25, 0.3) is 5.56 Å². The van der Waals surface area contributed by atoms with Crippen LogP contribution in [-0.2, 0) is 0 Å². The zero-order valence-electron chi connectivity index (χ0n) is 22.7. The van der Waals surface area contributed by atoms with Crippen molar-refractivity contribution in [3.8, 4) is 28.6 Å². The molecule has 7 nitrogen and oxygen atoms in total. The molecule has 0 aliphatic rings. The van der Waals surface area contributed by atoms with Crippen molar-refractivity contribution in [2.75, 3.05) is 14.2 Å². The van der Waals surface area contributed by atoms with E-state index in [4.69, 9.17) is 19.2 Å². The summed E-state index contributed by atoms with van der Waals surface area (Å²) in [6, 6.07) is 15.0. The van der Waals surface area contributed by atoms with Crippen LogP contribution in [0.5, 0.6) is 17.2 Å². The lowest BCUT2D eigenvalue weighted by Crippen LogP contribution is -2.21. The SMILES string of the molecule is COc1cc(C)c(-c2nc3ccccc3c(=O)n2N=Cc2cc(Br)cc(OC)c2OC(C)C)cc1C(C)C. The van der Waals surface area contributed by atoms with Gasteiger partial charge in [0.2, 0.25) is 0 Å². The normalized spacial score (nSPS) is 11.6. The first kappa shape index (κ1) is 27.4. The summed E-state index contributed by atoms with van der Waals surface area (Å²) in [6.45, 7) is 10.1. The van der Waals surface area contributed by atoms with Crippen LogP contribution >= 0.6 is 15.9 Å². The van der Waals surface area contributed by atoms with Gasteiger partial charge >= 0.3 is 0 Å². The number of hydrogen-bond acceptors (Lipinski definition) is 6. The average molecular weight is 579 g/mol. The third-order valence-electron chi connectivity index (χ3n) is 6.13. The monoisotopic (exact) mass is 577 g/mol. The van der Waals surface area contributed by atoms with E-state index in [0.717, 1.165) is 26.9 Å². The minimum Gasteiger partial charge on any atom is -0.496 e. The minimum absolute atomic E-state index is 0.0887. The molecule has 0 atom stereocenters. The Bertz CT molecular complexity index is 1570. The number of rotatable bonds is 8. The van der Waals surface area contributed by atoms with Crippen molar-refractivity contribution in [1.29, 1.82) is 0 Å². The standard InChI is InChI=1S/C30H32BrN3O4/c1-17(2)23-15-24(19(5)12-26(23)36-6)29-33-25-11-9-8-10-22(25)30(35)34(29)32-16-20-13-21(31)14-27(37-7)28(20)38-18(3)4/h8-18H,1-7H3. The maximum atomic E-state index is 13.8. The largest absolute Gasteiger partial charge is 0.496 e. The van der Waals surface area contributed by atoms with Crippen LogP contribution in [-0.4, -0.2) is 36.2 Å². The number of aryl methyl sites for hydroxylation is 1. The highest BCUT2D eigenvalue weighted by molar-refractivity contribution is 9.10. The number of halogens is 1. The van der Waals surface area contributed by atoms with Crippen molar-refractivity contribution in [1.82, 2.24) is 9.66 Å². The van der Waals surface area contributed by atoms with Gasteiger partial charge in [-0.25, -0.2) is 4.98 Å². The topological polar surface area (TPSA) is 74.9 Å². The predicted molar refractivity (Wildman–Crippen MR) is 156 cm³/mol. The van der Waals surface area contributed by atoms with Gasteiger partial charge in [0.1, 0.15) is 5.75 Å². The number of methoxy groups -OCH3 is 2. The van der Waals surface area contributed by atoms with Crippen LogP contribution in [0, 0.1) is 6.92 Å². The van der Waals surface area contributed by atoms with E-state index in [-0.39, 0.29) is 17.6 Å². The number of hydrogen-bond donors (Lipinski definition) is 0. The van der Waals surface area contributed by atoms with Gasteiger partial charge < -0.3 is 14.2 Å². The fraction of sp³-hybridized carbons (Fsp3) is 0.300. The molecule has 0 fully saturated rings. The van der Waals surface area contributed by atoms with E-state index in [1.165, 1.54) is 4.68 Å². The highest BCUT2D eigenvalue weighted by Gasteiger charge is 2.19. The quantitative estimate of drug-likeness (QED) is 0.212. The van der Waals surface area contributed by atoms with Crippen molar-refractivity contribution in [3.05, 3.63) is 80.0 Å². The molecule has 198 valence electrons. The van der Waals surface area contributed by atoms with Gasteiger partial charge in [0, 0.05) is 15.6 Å². The van der Waals surface area contributed by atoms with Gasteiger partial charge in [-0.05, 0) is 74.2 Å². The molecule has 0 saturated heterocycles. The van der Waals surface area contributed by atoms with Gasteiger partial charge in [-0.1, -0.05) is 41.9 Å². The Balaban J connectivity index is 2.00. The summed E-state index contributed by atoms with van der Waals surface area (Å²) >= 11 is 3.53. The van der Waals surface area contributed by atoms with E-state index in [2.05, 4.69) is 34.9 Å². The lowest BCUT2D eigenvalue weighted by atomic mass is 9.96. The lowest BCUT2D eigenvalue weighted by Gasteiger charge is -2.18. The molecule has 1 heterocycles. The number of fused-ring (bicyclic) bond motifs is 1. The molecular weight excluding hydrogens is 546 g/mol. The number of ether oxygens (including phenoxy) is 3. The summed E-state index contributed by atoms with van der Waals surface area (Å²) in [7, 11) is 3.25. The van der Waals surface area contributed by atoms with Crippen LogP contribution in [0.25, 0.3) is 22.3 Å². The highest BCUT2D eigenvalue weighted by Crippen LogP contribution is 2.36. The van der Waals surface area contributed by atoms with Gasteiger partial charge in [-0.3, -0.25) is 4.79 Å². The molecule has 0 aliphatic heterocycles. The van der Waals surface area contributed by atoms with Gasteiger partial charge in [0.15, 0.2) is 17.3 Å². The molecule has 3 aromatic carbocycles. The first-order valence-electron chi connectivity index (χ1n) is 12.4. The van der Waals surface area contributed by atoms with Crippen LogP contribution in [0.15, 0.2) is 62.9 Å². The molecule has 0 spiro atoms. The first-order valence-corrected chi connectivity index (χ1v) is 13.2. The highest BCUT2D eigenvalue weighted by atomic mass is 79.9. The van der Waals surface area contributed by atoms with E-state index in [1.807, 2.05) is 63.2 Å². The Morgan fingerprint density at radius 3 is 2.37 bits per heavy atom. The Morgan fingerprint density at radius 2 is 1.71 bits per heavy atom. The summed E-state index contributed by atoms with van der Waals surface area (Å²) < 4.78 is 19.4. The van der Waals surface area contributed by atoms with Crippen LogP contribution in [0.2, 0.25) is 0 Å². The zero-order chi connectivity index (χ0) is 27.6. The van der Waals surface area contributed by atoms with E-state index in [9.17, 15) is 4.79 Å². The summed E-state index contributed by atoms with van der Waals surface area (Å²) in [5.41, 5.74) is 3.75. The molecule has 4 aromatic rings. The number of nitrogens with zero attached hydrogens (tertiary/aromatic N) is 3. The van der Waals surface area contributed by atoms with E-state index in [0.29, 0.717) is 33.8 Å². The molecule has 0 amide bonds. The van der Waals surface area contributed by atoms with Gasteiger partial charge in [-0.15, -0.1) is 0 Å². The Labute approximate surface area is 231 Å². The fourth-order valence-corrected chi connectivity index (χ4v) is 4.74. The van der Waals surface area contributed by atoms with Crippen molar-refractivity contribution in [2.24, 2.45) is 5.10 Å². The molecule has 0 radical (unpaired) electrons. The molecular formula is C30H32BrN3O4. The second-order valence-corrected chi connectivity index (χ2v) is 10.5. The molecule has 1 aromatic heterocycles. The van der Waals surface area contributed by atoms with Crippen molar-refractivity contribution >= 4 is 33.0 Å². The van der Waals surface area contributed by atoms with Gasteiger partial charge in [-0.2, -0.15) is 9.78 Å². The maximum Gasteiger partial charge on any atom is 0.282 e. The predicted octanol–water partition coefficient (Wildman–Crippen LogP) is 6.94.